The number of carbonyl (C=O) groups is 1. The zero-order valence-corrected chi connectivity index (χ0v) is 16.4. The molecule has 0 radical (unpaired) electrons. The second-order valence-corrected chi connectivity index (χ2v) is 6.80. The number of ketones is 1. The standard InChI is InChI=1S/C20H20ClFN4O/c1-12-17(9-10-18(27)19-13(2)23-25(4)14(19)3)20(21)26(24-12)11-15-5-7-16(22)8-6-15/h5-10H,11H2,1-4H3/b10-9+. The van der Waals surface area contributed by atoms with Crippen LogP contribution in [-0.2, 0) is 13.6 Å². The van der Waals surface area contributed by atoms with Gasteiger partial charge < -0.3 is 0 Å². The zero-order chi connectivity index (χ0) is 19.7. The Morgan fingerprint density at radius 1 is 1.15 bits per heavy atom. The lowest BCUT2D eigenvalue weighted by molar-refractivity contribution is 0.104. The van der Waals surface area contributed by atoms with E-state index in [1.54, 1.807) is 27.6 Å². The summed E-state index contributed by atoms with van der Waals surface area (Å²) in [6, 6.07) is 6.18. The van der Waals surface area contributed by atoms with E-state index >= 15 is 0 Å². The molecule has 27 heavy (non-hydrogen) atoms. The van der Waals surface area contributed by atoms with Gasteiger partial charge in [0.05, 0.1) is 23.5 Å². The lowest BCUT2D eigenvalue weighted by atomic mass is 10.1. The summed E-state index contributed by atoms with van der Waals surface area (Å²) in [5.41, 5.74) is 4.39. The molecule has 0 bridgehead atoms. The third kappa shape index (κ3) is 3.85. The first-order valence-electron chi connectivity index (χ1n) is 8.48. The fraction of sp³-hybridized carbons (Fsp3) is 0.250. The topological polar surface area (TPSA) is 52.7 Å². The SMILES string of the molecule is Cc1nn(Cc2ccc(F)cc2)c(Cl)c1/C=C/C(=O)c1c(C)nn(C)c1C. The minimum atomic E-state index is -0.287. The number of benzene rings is 1. The largest absolute Gasteiger partial charge is 0.289 e. The predicted octanol–water partition coefficient (Wildman–Crippen LogP) is 4.28. The number of nitrogens with zero attached hydrogens (tertiary/aromatic N) is 4. The summed E-state index contributed by atoms with van der Waals surface area (Å²) in [4.78, 5) is 12.6. The molecule has 3 rings (SSSR count). The summed E-state index contributed by atoms with van der Waals surface area (Å²) in [5.74, 6) is -0.413. The Hall–Kier alpha value is -2.73. The van der Waals surface area contributed by atoms with Crippen LogP contribution in [0.15, 0.2) is 30.3 Å². The monoisotopic (exact) mass is 386 g/mol. The first-order valence-corrected chi connectivity index (χ1v) is 8.85. The predicted molar refractivity (Wildman–Crippen MR) is 104 cm³/mol. The summed E-state index contributed by atoms with van der Waals surface area (Å²) >= 11 is 6.45. The second-order valence-electron chi connectivity index (χ2n) is 6.44. The van der Waals surface area contributed by atoms with Gasteiger partial charge >= 0.3 is 0 Å². The molecule has 5 nitrogen and oxygen atoms in total. The van der Waals surface area contributed by atoms with E-state index in [2.05, 4.69) is 10.2 Å². The van der Waals surface area contributed by atoms with Crippen molar-refractivity contribution in [1.82, 2.24) is 19.6 Å². The molecule has 0 unspecified atom stereocenters. The van der Waals surface area contributed by atoms with Crippen LogP contribution in [-0.4, -0.2) is 25.3 Å². The summed E-state index contributed by atoms with van der Waals surface area (Å²) in [6.07, 6.45) is 3.18. The number of hydrogen-bond donors (Lipinski definition) is 0. The Morgan fingerprint density at radius 2 is 1.81 bits per heavy atom. The van der Waals surface area contributed by atoms with Crippen molar-refractivity contribution in [3.05, 3.63) is 75.1 Å². The van der Waals surface area contributed by atoms with E-state index in [9.17, 15) is 9.18 Å². The molecule has 0 amide bonds. The molecule has 0 aliphatic carbocycles. The highest BCUT2D eigenvalue weighted by Crippen LogP contribution is 2.23. The fourth-order valence-corrected chi connectivity index (χ4v) is 3.29. The lowest BCUT2D eigenvalue weighted by Crippen LogP contribution is -2.02. The van der Waals surface area contributed by atoms with Crippen molar-refractivity contribution in [2.24, 2.45) is 7.05 Å². The zero-order valence-electron chi connectivity index (χ0n) is 15.6. The van der Waals surface area contributed by atoms with Gasteiger partial charge in [0, 0.05) is 18.3 Å². The third-order valence-corrected chi connectivity index (χ3v) is 4.91. The molecule has 0 saturated carbocycles. The fourth-order valence-electron chi connectivity index (χ4n) is 3.00. The number of aryl methyl sites for hydroxylation is 3. The van der Waals surface area contributed by atoms with Crippen LogP contribution >= 0.6 is 11.6 Å². The van der Waals surface area contributed by atoms with Crippen LogP contribution in [0.2, 0.25) is 5.15 Å². The van der Waals surface area contributed by atoms with Crippen LogP contribution in [0.5, 0.6) is 0 Å². The van der Waals surface area contributed by atoms with Crippen molar-refractivity contribution in [3.63, 3.8) is 0 Å². The molecule has 0 fully saturated rings. The van der Waals surface area contributed by atoms with Crippen LogP contribution in [0.1, 0.15) is 38.6 Å². The highest BCUT2D eigenvalue weighted by molar-refractivity contribution is 6.31. The molecular weight excluding hydrogens is 367 g/mol. The highest BCUT2D eigenvalue weighted by atomic mass is 35.5. The normalized spacial score (nSPS) is 11.5. The number of halogens is 2. The molecule has 0 spiro atoms. The number of rotatable bonds is 5. The molecule has 0 N–H and O–H groups in total. The molecule has 1 aromatic carbocycles. The minimum Gasteiger partial charge on any atom is -0.289 e. The summed E-state index contributed by atoms with van der Waals surface area (Å²) in [5, 5.41) is 9.13. The van der Waals surface area contributed by atoms with Gasteiger partial charge in [-0.05, 0) is 50.6 Å². The lowest BCUT2D eigenvalue weighted by Gasteiger charge is -2.03. The van der Waals surface area contributed by atoms with Crippen molar-refractivity contribution < 1.29 is 9.18 Å². The number of hydrogen-bond acceptors (Lipinski definition) is 3. The van der Waals surface area contributed by atoms with Crippen LogP contribution < -0.4 is 0 Å². The maximum Gasteiger partial charge on any atom is 0.189 e. The molecule has 0 aliphatic rings. The van der Waals surface area contributed by atoms with Gasteiger partial charge in [-0.25, -0.2) is 9.07 Å². The first-order chi connectivity index (χ1) is 12.8. The van der Waals surface area contributed by atoms with Crippen molar-refractivity contribution in [1.29, 1.82) is 0 Å². The molecule has 7 heteroatoms. The van der Waals surface area contributed by atoms with E-state index < -0.39 is 0 Å². The van der Waals surface area contributed by atoms with Crippen LogP contribution in [0.3, 0.4) is 0 Å². The van der Waals surface area contributed by atoms with Crippen molar-refractivity contribution in [3.8, 4) is 0 Å². The van der Waals surface area contributed by atoms with E-state index in [0.717, 1.165) is 11.3 Å². The molecule has 0 aliphatic heterocycles. The molecule has 0 saturated heterocycles. The quantitative estimate of drug-likeness (QED) is 0.486. The van der Waals surface area contributed by atoms with E-state index in [1.165, 1.54) is 18.2 Å². The van der Waals surface area contributed by atoms with Crippen LogP contribution in [0.4, 0.5) is 4.39 Å². The van der Waals surface area contributed by atoms with Crippen LogP contribution in [0.25, 0.3) is 6.08 Å². The minimum absolute atomic E-state index is 0.125. The molecule has 140 valence electrons. The number of carbonyl (C=O) groups excluding carboxylic acids is 1. The molecule has 0 atom stereocenters. The van der Waals surface area contributed by atoms with Crippen molar-refractivity contribution in [2.75, 3.05) is 0 Å². The Labute approximate surface area is 162 Å². The smallest absolute Gasteiger partial charge is 0.189 e. The Kier molecular flexibility index (Phi) is 5.28. The second kappa shape index (κ2) is 7.48. The first kappa shape index (κ1) is 19.0. The summed E-state index contributed by atoms with van der Waals surface area (Å²) < 4.78 is 16.4. The van der Waals surface area contributed by atoms with Gasteiger partial charge in [0.25, 0.3) is 0 Å². The van der Waals surface area contributed by atoms with Crippen molar-refractivity contribution in [2.45, 2.75) is 27.3 Å². The maximum absolute atomic E-state index is 13.1. The van der Waals surface area contributed by atoms with Gasteiger partial charge in [0.2, 0.25) is 0 Å². The van der Waals surface area contributed by atoms with Gasteiger partial charge in [-0.15, -0.1) is 0 Å². The average Bonchev–Trinajstić information content (AvgIpc) is 3.03. The third-order valence-electron chi connectivity index (χ3n) is 4.51. The highest BCUT2D eigenvalue weighted by Gasteiger charge is 2.16. The Balaban J connectivity index is 1.85. The maximum atomic E-state index is 13.1. The average molecular weight is 387 g/mol. The van der Waals surface area contributed by atoms with Gasteiger partial charge in [-0.2, -0.15) is 10.2 Å². The van der Waals surface area contributed by atoms with Crippen molar-refractivity contribution >= 4 is 23.5 Å². The number of aromatic nitrogens is 4. The Bertz CT molecular complexity index is 1030. The van der Waals surface area contributed by atoms with Gasteiger partial charge in [0.1, 0.15) is 11.0 Å². The van der Waals surface area contributed by atoms with E-state index in [-0.39, 0.29) is 11.6 Å². The van der Waals surface area contributed by atoms with Gasteiger partial charge in [-0.3, -0.25) is 9.48 Å². The van der Waals surface area contributed by atoms with E-state index in [4.69, 9.17) is 11.6 Å². The van der Waals surface area contributed by atoms with E-state index in [0.29, 0.717) is 34.2 Å². The van der Waals surface area contributed by atoms with E-state index in [1.807, 2.05) is 27.8 Å². The van der Waals surface area contributed by atoms with Gasteiger partial charge in [-0.1, -0.05) is 23.7 Å². The van der Waals surface area contributed by atoms with Crippen LogP contribution in [0, 0.1) is 26.6 Å². The number of allylic oxidation sites excluding steroid dienone is 1. The molecule has 2 aromatic heterocycles. The molecular formula is C20H20ClFN4O. The Morgan fingerprint density at radius 3 is 2.41 bits per heavy atom. The summed E-state index contributed by atoms with van der Waals surface area (Å²) in [7, 11) is 1.81. The molecule has 2 heterocycles. The summed E-state index contributed by atoms with van der Waals surface area (Å²) in [6.45, 7) is 5.92. The van der Waals surface area contributed by atoms with Gasteiger partial charge in [0.15, 0.2) is 5.78 Å². The molecule has 3 aromatic rings.